The van der Waals surface area contributed by atoms with Gasteiger partial charge in [0.25, 0.3) is 5.91 Å². The Hall–Kier alpha value is -2.68. The predicted octanol–water partition coefficient (Wildman–Crippen LogP) is 2.32. The summed E-state index contributed by atoms with van der Waals surface area (Å²) in [6.45, 7) is 2.07. The molecule has 1 atom stereocenters. The molecule has 0 radical (unpaired) electrons. The number of piperidine rings is 1. The highest BCUT2D eigenvalue weighted by Gasteiger charge is 2.38. The molecule has 30 heavy (non-hydrogen) atoms. The molecule has 2 bridgehead atoms. The molecule has 1 aromatic heterocycles. The van der Waals surface area contributed by atoms with E-state index in [0.29, 0.717) is 50.5 Å². The highest BCUT2D eigenvalue weighted by Crippen LogP contribution is 2.31. The number of quaternary nitrogens is 1. The number of hydroxylamine groups is 3. The Balaban J connectivity index is 1.33. The van der Waals surface area contributed by atoms with Crippen LogP contribution in [0.3, 0.4) is 0 Å². The average Bonchev–Trinajstić information content (AvgIpc) is 3.28. The third kappa shape index (κ3) is 3.30. The molecule has 4 aliphatic heterocycles. The molecular formula is C22H25N3O5. The monoisotopic (exact) mass is 411 g/mol. The van der Waals surface area contributed by atoms with Crippen molar-refractivity contribution in [2.75, 3.05) is 31.1 Å². The largest absolute Gasteiger partial charge is 0.633 e. The lowest BCUT2D eigenvalue weighted by Crippen LogP contribution is -2.48. The van der Waals surface area contributed by atoms with Crippen LogP contribution in [0.5, 0.6) is 0 Å². The summed E-state index contributed by atoms with van der Waals surface area (Å²) in [6, 6.07) is 10.7. The minimum absolute atomic E-state index is 0.0915. The van der Waals surface area contributed by atoms with E-state index >= 15 is 0 Å². The van der Waals surface area contributed by atoms with Crippen LogP contribution in [0.25, 0.3) is 11.3 Å². The van der Waals surface area contributed by atoms with E-state index in [1.165, 1.54) is 4.90 Å². The van der Waals surface area contributed by atoms with Gasteiger partial charge in [-0.25, -0.2) is 0 Å². The Morgan fingerprint density at radius 2 is 1.80 bits per heavy atom. The number of nitrogens with zero attached hydrogens (tertiary/aromatic N) is 3. The first-order chi connectivity index (χ1) is 14.4. The van der Waals surface area contributed by atoms with E-state index < -0.39 is 6.23 Å². The van der Waals surface area contributed by atoms with Crippen molar-refractivity contribution in [3.05, 3.63) is 47.4 Å². The lowest BCUT2D eigenvalue weighted by Gasteiger charge is -2.44. The molecule has 8 heteroatoms. The fraction of sp³-hybridized carbons (Fsp3) is 0.455. The minimum Gasteiger partial charge on any atom is -0.633 e. The van der Waals surface area contributed by atoms with E-state index in [4.69, 9.17) is 4.42 Å². The van der Waals surface area contributed by atoms with E-state index in [1.54, 1.807) is 29.2 Å². The number of benzene rings is 1. The molecular weight excluding hydrogens is 386 g/mol. The van der Waals surface area contributed by atoms with Gasteiger partial charge in [0.05, 0.1) is 26.2 Å². The fourth-order valence-corrected chi connectivity index (χ4v) is 4.82. The van der Waals surface area contributed by atoms with Gasteiger partial charge in [0.2, 0.25) is 5.91 Å². The van der Waals surface area contributed by atoms with E-state index in [-0.39, 0.29) is 28.3 Å². The highest BCUT2D eigenvalue weighted by molar-refractivity contribution is 5.96. The number of rotatable bonds is 3. The molecule has 4 saturated heterocycles. The summed E-state index contributed by atoms with van der Waals surface area (Å²) >= 11 is 0. The Morgan fingerprint density at radius 3 is 2.47 bits per heavy atom. The first kappa shape index (κ1) is 19.3. The van der Waals surface area contributed by atoms with Crippen LogP contribution in [0.1, 0.15) is 36.2 Å². The number of furan rings is 1. The van der Waals surface area contributed by atoms with Crippen molar-refractivity contribution in [2.24, 2.45) is 0 Å². The molecule has 6 rings (SSSR count). The summed E-state index contributed by atoms with van der Waals surface area (Å²) in [5.74, 6) is 0.584. The molecule has 4 aliphatic rings. The third-order valence-corrected chi connectivity index (χ3v) is 6.62. The maximum absolute atomic E-state index is 13.0. The minimum atomic E-state index is -0.785. The van der Waals surface area contributed by atoms with Crippen molar-refractivity contribution in [2.45, 2.75) is 38.0 Å². The van der Waals surface area contributed by atoms with Crippen LogP contribution < -0.4 is 4.90 Å². The summed E-state index contributed by atoms with van der Waals surface area (Å²) in [5.41, 5.74) is 1.42. The Kier molecular flexibility index (Phi) is 4.65. The Bertz CT molecular complexity index is 961. The summed E-state index contributed by atoms with van der Waals surface area (Å²) < 4.78 is 5.67. The number of fused-ring (bicyclic) bond motifs is 4. The van der Waals surface area contributed by atoms with Gasteiger partial charge >= 0.3 is 0 Å². The number of hydrogen-bond acceptors (Lipinski definition) is 5. The van der Waals surface area contributed by atoms with Gasteiger partial charge in [-0.05, 0) is 36.4 Å². The smallest absolute Gasteiger partial charge is 0.290 e. The summed E-state index contributed by atoms with van der Waals surface area (Å²) in [4.78, 5) is 28.2. The lowest BCUT2D eigenvalue weighted by atomic mass is 10.0. The van der Waals surface area contributed by atoms with Gasteiger partial charge < -0.3 is 24.3 Å². The van der Waals surface area contributed by atoms with Crippen molar-refractivity contribution in [3.63, 3.8) is 0 Å². The molecule has 1 unspecified atom stereocenters. The summed E-state index contributed by atoms with van der Waals surface area (Å²) in [6.07, 6.45) is 1.48. The van der Waals surface area contributed by atoms with Crippen molar-refractivity contribution in [1.29, 1.82) is 0 Å². The van der Waals surface area contributed by atoms with Gasteiger partial charge in [0.1, 0.15) is 12.0 Å². The van der Waals surface area contributed by atoms with Gasteiger partial charge in [-0.1, -0.05) is 0 Å². The third-order valence-electron chi connectivity index (χ3n) is 6.62. The van der Waals surface area contributed by atoms with Crippen LogP contribution in [0.2, 0.25) is 0 Å². The van der Waals surface area contributed by atoms with Crippen LogP contribution in [-0.4, -0.2) is 64.9 Å². The fourth-order valence-electron chi connectivity index (χ4n) is 4.82. The number of hydrogen-bond donors (Lipinski definition) is 1. The molecule has 158 valence electrons. The maximum Gasteiger partial charge on any atom is 0.290 e. The zero-order valence-corrected chi connectivity index (χ0v) is 16.7. The number of aliphatic hydroxyl groups excluding tert-OH is 1. The normalized spacial score (nSPS) is 28.8. The molecule has 1 N–H and O–H groups in total. The van der Waals surface area contributed by atoms with Crippen molar-refractivity contribution < 1.29 is 23.8 Å². The standard InChI is InChI=1S/C22H25N3O5/c26-20-7-8-21(27)24(20)17-3-1-15(2-4-17)18-5-6-19(30-18)22(28)23-11-14-25(29)12-9-16(23)10-13-25/h1-6,16,20,26H,7-14H2. The van der Waals surface area contributed by atoms with Crippen molar-refractivity contribution in [1.82, 2.24) is 4.90 Å². The Labute approximate surface area is 174 Å². The molecule has 2 amide bonds. The van der Waals surface area contributed by atoms with Gasteiger partial charge in [-0.2, -0.15) is 0 Å². The van der Waals surface area contributed by atoms with Crippen LogP contribution in [-0.2, 0) is 4.79 Å². The second-order valence-corrected chi connectivity index (χ2v) is 8.45. The molecule has 1 aromatic carbocycles. The van der Waals surface area contributed by atoms with Crippen LogP contribution in [0.4, 0.5) is 5.69 Å². The SMILES string of the molecule is O=C(c1ccc(-c2ccc(N3C(=O)CCC3O)cc2)o1)N1CC[N+]2([O-])CCC1CC2. The molecule has 0 saturated carbocycles. The van der Waals surface area contributed by atoms with Crippen LogP contribution in [0.15, 0.2) is 40.8 Å². The second kappa shape index (κ2) is 7.23. The first-order valence-corrected chi connectivity index (χ1v) is 10.5. The summed E-state index contributed by atoms with van der Waals surface area (Å²) in [5, 5.41) is 22.5. The lowest BCUT2D eigenvalue weighted by molar-refractivity contribution is -0.881. The number of amides is 2. The van der Waals surface area contributed by atoms with E-state index in [0.717, 1.165) is 18.4 Å². The molecule has 2 aromatic rings. The van der Waals surface area contributed by atoms with Crippen molar-refractivity contribution in [3.8, 4) is 11.3 Å². The number of aliphatic hydroxyl groups is 1. The van der Waals surface area contributed by atoms with Gasteiger partial charge in [-0.15, -0.1) is 0 Å². The second-order valence-electron chi connectivity index (χ2n) is 8.45. The molecule has 8 nitrogen and oxygen atoms in total. The zero-order valence-electron chi connectivity index (χ0n) is 16.7. The number of carbonyl (C=O) groups excluding carboxylic acids is 2. The maximum atomic E-state index is 13.0. The van der Waals surface area contributed by atoms with Crippen LogP contribution in [0, 0.1) is 5.21 Å². The quantitative estimate of drug-likeness (QED) is 0.618. The molecule has 4 fully saturated rings. The average molecular weight is 411 g/mol. The Morgan fingerprint density at radius 1 is 1.07 bits per heavy atom. The first-order valence-electron chi connectivity index (χ1n) is 10.5. The van der Waals surface area contributed by atoms with Gasteiger partial charge in [-0.3, -0.25) is 14.5 Å². The molecule has 0 aliphatic carbocycles. The predicted molar refractivity (Wildman–Crippen MR) is 109 cm³/mol. The van der Waals surface area contributed by atoms with Gasteiger partial charge in [0, 0.05) is 43.0 Å². The van der Waals surface area contributed by atoms with Crippen molar-refractivity contribution >= 4 is 17.5 Å². The number of carbonyl (C=O) groups is 2. The van der Waals surface area contributed by atoms with E-state index in [1.807, 2.05) is 12.1 Å². The van der Waals surface area contributed by atoms with E-state index in [9.17, 15) is 19.9 Å². The molecule has 0 spiro atoms. The molecule has 5 heterocycles. The number of anilines is 1. The highest BCUT2D eigenvalue weighted by atomic mass is 16.5. The van der Waals surface area contributed by atoms with E-state index in [2.05, 4.69) is 0 Å². The zero-order chi connectivity index (χ0) is 20.9. The van der Waals surface area contributed by atoms with Gasteiger partial charge in [0.15, 0.2) is 5.76 Å². The topological polar surface area (TPSA) is 97.0 Å². The van der Waals surface area contributed by atoms with Crippen LogP contribution >= 0.6 is 0 Å². The summed E-state index contributed by atoms with van der Waals surface area (Å²) in [7, 11) is 0.